The molecular weight excluding hydrogens is 220 g/mol. The summed E-state index contributed by atoms with van der Waals surface area (Å²) in [6, 6.07) is 5.36. The molecule has 0 fully saturated rings. The molecule has 0 bridgehead atoms. The number of rotatable bonds is 6. The van der Waals surface area contributed by atoms with Gasteiger partial charge in [0.1, 0.15) is 11.5 Å². The van der Waals surface area contributed by atoms with Crippen LogP contribution in [0.4, 0.5) is 0 Å². The lowest BCUT2D eigenvalue weighted by Gasteiger charge is -2.15. The zero-order chi connectivity index (χ0) is 12.8. The average molecular weight is 238 g/mol. The van der Waals surface area contributed by atoms with Gasteiger partial charge < -0.3 is 20.9 Å². The van der Waals surface area contributed by atoms with Gasteiger partial charge >= 0.3 is 0 Å². The fourth-order valence-electron chi connectivity index (χ4n) is 1.40. The fourth-order valence-corrected chi connectivity index (χ4v) is 1.40. The highest BCUT2D eigenvalue weighted by Crippen LogP contribution is 2.25. The van der Waals surface area contributed by atoms with Gasteiger partial charge in [0.2, 0.25) is 0 Å². The first-order valence-corrected chi connectivity index (χ1v) is 5.41. The molecule has 0 aliphatic carbocycles. The zero-order valence-corrected chi connectivity index (χ0v) is 10.1. The molecule has 5 heteroatoms. The maximum atomic E-state index is 10.9. The molecule has 1 atom stereocenters. The van der Waals surface area contributed by atoms with Crippen LogP contribution in [0.1, 0.15) is 12.5 Å². The van der Waals surface area contributed by atoms with Crippen molar-refractivity contribution < 1.29 is 14.3 Å². The SMILES string of the molecule is COc1ccc(OC(C)C(N)=O)c(CCN)c1. The number of methoxy groups -OCH3 is 1. The minimum absolute atomic E-state index is 0.495. The van der Waals surface area contributed by atoms with Gasteiger partial charge in [0, 0.05) is 0 Å². The first-order valence-electron chi connectivity index (χ1n) is 5.41. The van der Waals surface area contributed by atoms with E-state index < -0.39 is 12.0 Å². The predicted molar refractivity (Wildman–Crippen MR) is 65.0 cm³/mol. The number of carbonyl (C=O) groups excluding carboxylic acids is 1. The molecule has 1 unspecified atom stereocenters. The minimum atomic E-state index is -0.667. The molecule has 94 valence electrons. The van der Waals surface area contributed by atoms with Gasteiger partial charge in [-0.1, -0.05) is 0 Å². The molecule has 5 nitrogen and oxygen atoms in total. The van der Waals surface area contributed by atoms with E-state index in [1.165, 1.54) is 0 Å². The third-order valence-corrected chi connectivity index (χ3v) is 2.39. The highest BCUT2D eigenvalue weighted by Gasteiger charge is 2.13. The van der Waals surface area contributed by atoms with Gasteiger partial charge in [-0.15, -0.1) is 0 Å². The lowest BCUT2D eigenvalue weighted by atomic mass is 10.1. The van der Waals surface area contributed by atoms with Gasteiger partial charge in [-0.05, 0) is 43.7 Å². The van der Waals surface area contributed by atoms with Gasteiger partial charge in [-0.3, -0.25) is 4.79 Å². The number of hydrogen-bond acceptors (Lipinski definition) is 4. The summed E-state index contributed by atoms with van der Waals surface area (Å²) >= 11 is 0. The summed E-state index contributed by atoms with van der Waals surface area (Å²) in [5.74, 6) is 0.842. The number of hydrogen-bond donors (Lipinski definition) is 2. The second kappa shape index (κ2) is 6.10. The van der Waals surface area contributed by atoms with Crippen molar-refractivity contribution in [3.05, 3.63) is 23.8 Å². The van der Waals surface area contributed by atoms with Crippen LogP contribution in [0.3, 0.4) is 0 Å². The number of amides is 1. The third-order valence-electron chi connectivity index (χ3n) is 2.39. The molecule has 1 rings (SSSR count). The second-order valence-corrected chi connectivity index (χ2v) is 3.67. The quantitative estimate of drug-likeness (QED) is 0.753. The number of nitrogens with two attached hydrogens (primary N) is 2. The van der Waals surface area contributed by atoms with Gasteiger partial charge in [0.15, 0.2) is 6.10 Å². The molecule has 4 N–H and O–H groups in total. The van der Waals surface area contributed by atoms with Crippen molar-refractivity contribution in [1.82, 2.24) is 0 Å². The molecule has 0 aliphatic heterocycles. The normalized spacial score (nSPS) is 11.9. The molecule has 17 heavy (non-hydrogen) atoms. The summed E-state index contributed by atoms with van der Waals surface area (Å²) in [5, 5.41) is 0. The van der Waals surface area contributed by atoms with Crippen LogP contribution in [0.15, 0.2) is 18.2 Å². The fraction of sp³-hybridized carbons (Fsp3) is 0.417. The van der Waals surface area contributed by atoms with Crippen LogP contribution in [0.25, 0.3) is 0 Å². The Morgan fingerprint density at radius 3 is 2.71 bits per heavy atom. The Labute approximate surface area is 101 Å². The van der Waals surface area contributed by atoms with Crippen molar-refractivity contribution in [2.24, 2.45) is 11.5 Å². The van der Waals surface area contributed by atoms with Crippen molar-refractivity contribution in [2.75, 3.05) is 13.7 Å². The summed E-state index contributed by atoms with van der Waals surface area (Å²) in [4.78, 5) is 10.9. The maximum Gasteiger partial charge on any atom is 0.258 e. The smallest absolute Gasteiger partial charge is 0.258 e. The Morgan fingerprint density at radius 1 is 1.47 bits per heavy atom. The zero-order valence-electron chi connectivity index (χ0n) is 10.1. The van der Waals surface area contributed by atoms with Crippen LogP contribution in [0, 0.1) is 0 Å². The van der Waals surface area contributed by atoms with Crippen LogP contribution in [0.2, 0.25) is 0 Å². The van der Waals surface area contributed by atoms with Crippen LogP contribution in [0.5, 0.6) is 11.5 Å². The highest BCUT2D eigenvalue weighted by atomic mass is 16.5. The van der Waals surface area contributed by atoms with E-state index in [4.69, 9.17) is 20.9 Å². The number of ether oxygens (including phenoxy) is 2. The molecule has 0 saturated heterocycles. The number of primary amides is 1. The highest BCUT2D eigenvalue weighted by molar-refractivity contribution is 5.78. The standard InChI is InChI=1S/C12H18N2O3/c1-8(12(14)15)17-11-4-3-10(16-2)7-9(11)5-6-13/h3-4,7-8H,5-6,13H2,1-2H3,(H2,14,15). The predicted octanol–water partition coefficient (Wildman–Crippen LogP) is 0.449. The lowest BCUT2D eigenvalue weighted by molar-refractivity contribution is -0.123. The summed E-state index contributed by atoms with van der Waals surface area (Å²) < 4.78 is 10.6. The molecule has 0 radical (unpaired) electrons. The molecule has 1 amide bonds. The first-order chi connectivity index (χ1) is 8.08. The Bertz CT molecular complexity index is 393. The Morgan fingerprint density at radius 2 is 2.18 bits per heavy atom. The molecule has 1 aromatic carbocycles. The number of benzene rings is 1. The van der Waals surface area contributed by atoms with Crippen molar-refractivity contribution in [3.8, 4) is 11.5 Å². The van der Waals surface area contributed by atoms with Gasteiger partial charge in [-0.25, -0.2) is 0 Å². The minimum Gasteiger partial charge on any atom is -0.497 e. The van der Waals surface area contributed by atoms with Crippen LogP contribution in [-0.2, 0) is 11.2 Å². The molecule has 0 heterocycles. The van der Waals surface area contributed by atoms with Crippen molar-refractivity contribution in [2.45, 2.75) is 19.4 Å². The summed E-state index contributed by atoms with van der Waals surface area (Å²) in [5.41, 5.74) is 11.6. The Kier molecular flexibility index (Phi) is 4.78. The molecular formula is C12H18N2O3. The van der Waals surface area contributed by atoms with E-state index in [-0.39, 0.29) is 0 Å². The molecule has 0 aliphatic rings. The molecule has 0 aromatic heterocycles. The number of carbonyl (C=O) groups is 1. The Balaban J connectivity index is 2.93. The van der Waals surface area contributed by atoms with E-state index in [0.29, 0.717) is 18.7 Å². The monoisotopic (exact) mass is 238 g/mol. The first kappa shape index (κ1) is 13.3. The van der Waals surface area contributed by atoms with E-state index in [2.05, 4.69) is 0 Å². The van der Waals surface area contributed by atoms with Gasteiger partial charge in [0.05, 0.1) is 7.11 Å². The van der Waals surface area contributed by atoms with Crippen molar-refractivity contribution in [3.63, 3.8) is 0 Å². The van der Waals surface area contributed by atoms with E-state index >= 15 is 0 Å². The van der Waals surface area contributed by atoms with E-state index in [1.807, 2.05) is 6.07 Å². The van der Waals surface area contributed by atoms with Gasteiger partial charge in [-0.2, -0.15) is 0 Å². The molecule has 0 spiro atoms. The third kappa shape index (κ3) is 3.64. The topological polar surface area (TPSA) is 87.6 Å². The van der Waals surface area contributed by atoms with Crippen molar-refractivity contribution >= 4 is 5.91 Å². The van der Waals surface area contributed by atoms with Crippen molar-refractivity contribution in [1.29, 1.82) is 0 Å². The molecule has 0 saturated carbocycles. The van der Waals surface area contributed by atoms with Crippen LogP contribution in [-0.4, -0.2) is 25.7 Å². The summed E-state index contributed by atoms with van der Waals surface area (Å²) in [6.07, 6.45) is -0.0159. The lowest BCUT2D eigenvalue weighted by Crippen LogP contribution is -2.31. The Hall–Kier alpha value is -1.75. The second-order valence-electron chi connectivity index (χ2n) is 3.67. The summed E-state index contributed by atoms with van der Waals surface area (Å²) in [6.45, 7) is 2.10. The van der Waals surface area contributed by atoms with Crippen LogP contribution >= 0.6 is 0 Å². The summed E-state index contributed by atoms with van der Waals surface area (Å²) in [7, 11) is 1.59. The van der Waals surface area contributed by atoms with Crippen LogP contribution < -0.4 is 20.9 Å². The maximum absolute atomic E-state index is 10.9. The largest absolute Gasteiger partial charge is 0.497 e. The van der Waals surface area contributed by atoms with E-state index in [1.54, 1.807) is 26.2 Å². The van der Waals surface area contributed by atoms with E-state index in [9.17, 15) is 4.79 Å². The average Bonchev–Trinajstić information content (AvgIpc) is 2.31. The molecule has 1 aromatic rings. The van der Waals surface area contributed by atoms with E-state index in [0.717, 1.165) is 11.3 Å². The van der Waals surface area contributed by atoms with Gasteiger partial charge in [0.25, 0.3) is 5.91 Å².